The van der Waals surface area contributed by atoms with Gasteiger partial charge in [-0.3, -0.25) is 13.9 Å². The summed E-state index contributed by atoms with van der Waals surface area (Å²) in [7, 11) is -2.60. The van der Waals surface area contributed by atoms with Crippen LogP contribution in [-0.4, -0.2) is 44.8 Å². The van der Waals surface area contributed by atoms with Crippen LogP contribution in [0.2, 0.25) is 0 Å². The molecule has 0 saturated heterocycles. The Balaban J connectivity index is 1.81. The van der Waals surface area contributed by atoms with Gasteiger partial charge in [-0.05, 0) is 66.4 Å². The SMILES string of the molecule is CNC(=O)C(Cc1ccccc1)N(Cc1ccc(Br)cc1)C(=O)CN(c1cc(C)ccc1C)S(=O)(=O)c1ccccc1. The molecule has 0 spiro atoms. The number of carbonyl (C=O) groups is 2. The number of amides is 2. The van der Waals surface area contributed by atoms with E-state index in [1.165, 1.54) is 24.1 Å². The van der Waals surface area contributed by atoms with Gasteiger partial charge in [0.2, 0.25) is 11.8 Å². The fraction of sp³-hybridized carbons (Fsp3) is 0.212. The highest BCUT2D eigenvalue weighted by Crippen LogP contribution is 2.29. The molecule has 0 aliphatic carbocycles. The number of hydrogen-bond acceptors (Lipinski definition) is 4. The van der Waals surface area contributed by atoms with Crippen LogP contribution < -0.4 is 9.62 Å². The van der Waals surface area contributed by atoms with E-state index < -0.39 is 28.5 Å². The second kappa shape index (κ2) is 13.8. The highest BCUT2D eigenvalue weighted by molar-refractivity contribution is 9.10. The molecule has 4 rings (SSSR count). The number of rotatable bonds is 11. The van der Waals surface area contributed by atoms with Crippen molar-refractivity contribution in [3.8, 4) is 0 Å². The van der Waals surface area contributed by atoms with Crippen LogP contribution in [0.15, 0.2) is 112 Å². The predicted molar refractivity (Wildman–Crippen MR) is 170 cm³/mol. The molecule has 7 nitrogen and oxygen atoms in total. The highest BCUT2D eigenvalue weighted by Gasteiger charge is 2.34. The summed E-state index contributed by atoms with van der Waals surface area (Å²) in [6.45, 7) is 3.32. The van der Waals surface area contributed by atoms with E-state index in [0.29, 0.717) is 11.3 Å². The van der Waals surface area contributed by atoms with Crippen molar-refractivity contribution in [1.82, 2.24) is 10.2 Å². The summed E-state index contributed by atoms with van der Waals surface area (Å²) in [6.07, 6.45) is 0.262. The molecule has 0 aliphatic heterocycles. The summed E-state index contributed by atoms with van der Waals surface area (Å²) in [6, 6.07) is 29.6. The van der Waals surface area contributed by atoms with Crippen LogP contribution in [0.5, 0.6) is 0 Å². The largest absolute Gasteiger partial charge is 0.357 e. The first-order valence-electron chi connectivity index (χ1n) is 13.5. The van der Waals surface area contributed by atoms with E-state index in [0.717, 1.165) is 25.5 Å². The summed E-state index contributed by atoms with van der Waals surface area (Å²) in [5.41, 5.74) is 3.66. The van der Waals surface area contributed by atoms with Crippen molar-refractivity contribution in [3.05, 3.63) is 130 Å². The maximum atomic E-state index is 14.4. The number of halogens is 1. The molecule has 2 amide bonds. The van der Waals surface area contributed by atoms with Gasteiger partial charge in [0.15, 0.2) is 0 Å². The molecular weight excluding hydrogens is 614 g/mol. The lowest BCUT2D eigenvalue weighted by Crippen LogP contribution is -2.53. The van der Waals surface area contributed by atoms with Crippen molar-refractivity contribution in [3.63, 3.8) is 0 Å². The average Bonchev–Trinajstić information content (AvgIpc) is 3.00. The summed E-state index contributed by atoms with van der Waals surface area (Å²) >= 11 is 3.45. The smallest absolute Gasteiger partial charge is 0.264 e. The van der Waals surface area contributed by atoms with Gasteiger partial charge in [0.05, 0.1) is 10.6 Å². The zero-order valence-electron chi connectivity index (χ0n) is 23.8. The van der Waals surface area contributed by atoms with Crippen LogP contribution in [0.1, 0.15) is 22.3 Å². The van der Waals surface area contributed by atoms with E-state index >= 15 is 0 Å². The zero-order chi connectivity index (χ0) is 30.3. The molecule has 0 bridgehead atoms. The van der Waals surface area contributed by atoms with Crippen molar-refractivity contribution in [2.45, 2.75) is 37.8 Å². The van der Waals surface area contributed by atoms with E-state index in [-0.39, 0.29) is 23.8 Å². The number of sulfonamides is 1. The lowest BCUT2D eigenvalue weighted by atomic mass is 10.0. The van der Waals surface area contributed by atoms with Gasteiger partial charge in [-0.25, -0.2) is 8.42 Å². The number of anilines is 1. The number of hydrogen-bond donors (Lipinski definition) is 1. The first-order chi connectivity index (χ1) is 20.1. The first-order valence-corrected chi connectivity index (χ1v) is 15.8. The second-order valence-corrected chi connectivity index (χ2v) is 12.9. The van der Waals surface area contributed by atoms with Crippen LogP contribution in [0.3, 0.4) is 0 Å². The highest BCUT2D eigenvalue weighted by atomic mass is 79.9. The molecule has 1 atom stereocenters. The third-order valence-electron chi connectivity index (χ3n) is 7.03. The molecule has 0 fully saturated rings. The van der Waals surface area contributed by atoms with Crippen molar-refractivity contribution in [1.29, 1.82) is 0 Å². The molecule has 4 aromatic carbocycles. The molecule has 218 valence electrons. The zero-order valence-corrected chi connectivity index (χ0v) is 26.2. The number of nitrogens with zero attached hydrogens (tertiary/aromatic N) is 2. The average molecular weight is 649 g/mol. The molecule has 0 radical (unpaired) electrons. The fourth-order valence-electron chi connectivity index (χ4n) is 4.73. The van der Waals surface area contributed by atoms with E-state index in [1.54, 1.807) is 24.3 Å². The lowest BCUT2D eigenvalue weighted by molar-refractivity contribution is -0.139. The van der Waals surface area contributed by atoms with Crippen LogP contribution in [0, 0.1) is 13.8 Å². The number of nitrogens with one attached hydrogen (secondary N) is 1. The fourth-order valence-corrected chi connectivity index (χ4v) is 6.48. The normalized spacial score (nSPS) is 11.9. The molecule has 4 aromatic rings. The van der Waals surface area contributed by atoms with Crippen LogP contribution >= 0.6 is 15.9 Å². The molecule has 0 saturated carbocycles. The van der Waals surface area contributed by atoms with E-state index in [9.17, 15) is 18.0 Å². The van der Waals surface area contributed by atoms with Gasteiger partial charge in [-0.2, -0.15) is 0 Å². The Morgan fingerprint density at radius 2 is 1.45 bits per heavy atom. The van der Waals surface area contributed by atoms with Crippen molar-refractivity contribution >= 4 is 43.5 Å². The first kappa shape index (κ1) is 31.0. The van der Waals surface area contributed by atoms with E-state index in [4.69, 9.17) is 0 Å². The van der Waals surface area contributed by atoms with Crippen molar-refractivity contribution in [2.24, 2.45) is 0 Å². The van der Waals surface area contributed by atoms with Gasteiger partial charge in [-0.15, -0.1) is 0 Å². The molecule has 0 aliphatic rings. The maximum Gasteiger partial charge on any atom is 0.264 e. The minimum absolute atomic E-state index is 0.0744. The minimum atomic E-state index is -4.13. The molecular formula is C33H34BrN3O4S. The van der Waals surface area contributed by atoms with E-state index in [2.05, 4.69) is 21.2 Å². The number of carbonyl (C=O) groups excluding carboxylic acids is 2. The van der Waals surface area contributed by atoms with Crippen LogP contribution in [-0.2, 0) is 32.6 Å². The Morgan fingerprint density at radius 3 is 2.07 bits per heavy atom. The van der Waals surface area contributed by atoms with Gasteiger partial charge in [0, 0.05) is 24.5 Å². The quantitative estimate of drug-likeness (QED) is 0.228. The summed E-state index contributed by atoms with van der Waals surface area (Å²) in [5, 5.41) is 2.70. The van der Waals surface area contributed by atoms with Gasteiger partial charge >= 0.3 is 0 Å². The van der Waals surface area contributed by atoms with E-state index in [1.807, 2.05) is 80.6 Å². The summed E-state index contributed by atoms with van der Waals surface area (Å²) < 4.78 is 30.2. The molecule has 1 unspecified atom stereocenters. The molecule has 42 heavy (non-hydrogen) atoms. The van der Waals surface area contributed by atoms with Crippen molar-refractivity contribution < 1.29 is 18.0 Å². The molecule has 1 N–H and O–H groups in total. The van der Waals surface area contributed by atoms with Crippen LogP contribution in [0.4, 0.5) is 5.69 Å². The molecule has 0 aromatic heterocycles. The Kier molecular flexibility index (Phi) is 10.2. The maximum absolute atomic E-state index is 14.4. The van der Waals surface area contributed by atoms with Gasteiger partial charge in [-0.1, -0.05) is 88.7 Å². The lowest BCUT2D eigenvalue weighted by Gasteiger charge is -2.34. The Bertz CT molecular complexity index is 1630. The van der Waals surface area contributed by atoms with Gasteiger partial charge < -0.3 is 10.2 Å². The minimum Gasteiger partial charge on any atom is -0.357 e. The Labute approximate surface area is 256 Å². The standard InChI is InChI=1S/C33H34BrN3O4S/c1-24-14-15-25(2)30(20-24)37(42(40,41)29-12-8-5-9-13-29)23-32(38)36(22-27-16-18-28(34)19-17-27)31(33(39)35-3)21-26-10-6-4-7-11-26/h4-20,31H,21-23H2,1-3H3,(H,35,39). The Morgan fingerprint density at radius 1 is 0.833 bits per heavy atom. The summed E-state index contributed by atoms with van der Waals surface area (Å²) in [4.78, 5) is 29.2. The summed E-state index contributed by atoms with van der Waals surface area (Å²) in [5.74, 6) is -0.837. The monoisotopic (exact) mass is 647 g/mol. The number of likely N-dealkylation sites (N-methyl/N-ethyl adjacent to an activating group) is 1. The van der Waals surface area contributed by atoms with Crippen molar-refractivity contribution in [2.75, 3.05) is 17.9 Å². The van der Waals surface area contributed by atoms with Gasteiger partial charge in [0.1, 0.15) is 12.6 Å². The number of benzene rings is 4. The van der Waals surface area contributed by atoms with Gasteiger partial charge in [0.25, 0.3) is 10.0 Å². The number of aryl methyl sites for hydroxylation is 2. The Hall–Kier alpha value is -3.95. The third-order valence-corrected chi connectivity index (χ3v) is 9.33. The molecule has 9 heteroatoms. The topological polar surface area (TPSA) is 86.8 Å². The molecule has 0 heterocycles. The predicted octanol–water partition coefficient (Wildman–Crippen LogP) is 5.65. The van der Waals surface area contributed by atoms with Crippen LogP contribution in [0.25, 0.3) is 0 Å². The third kappa shape index (κ3) is 7.46. The second-order valence-electron chi connectivity index (χ2n) is 10.1.